The smallest absolute Gasteiger partial charge is 0.325 e. The summed E-state index contributed by atoms with van der Waals surface area (Å²) in [6.07, 6.45) is 3.35. The summed E-state index contributed by atoms with van der Waals surface area (Å²) in [5, 5.41) is 2.74. The highest BCUT2D eigenvalue weighted by molar-refractivity contribution is 6.09. The Balaban J connectivity index is 1.25. The number of aromatic nitrogens is 2. The third kappa shape index (κ3) is 3.79. The van der Waals surface area contributed by atoms with E-state index in [2.05, 4.69) is 15.3 Å². The van der Waals surface area contributed by atoms with E-state index in [0.717, 1.165) is 4.90 Å². The lowest BCUT2D eigenvalue weighted by Crippen LogP contribution is -2.52. The average molecular weight is 452 g/mol. The van der Waals surface area contributed by atoms with Crippen LogP contribution in [0.2, 0.25) is 0 Å². The van der Waals surface area contributed by atoms with Crippen molar-refractivity contribution in [3.8, 4) is 11.5 Å². The molecule has 0 radical (unpaired) electrons. The highest BCUT2D eigenvalue weighted by atomic mass is 16.6. The van der Waals surface area contributed by atoms with E-state index in [4.69, 9.17) is 9.47 Å². The van der Waals surface area contributed by atoms with Crippen LogP contribution < -0.4 is 19.7 Å². The van der Waals surface area contributed by atoms with Crippen LogP contribution in [-0.4, -0.2) is 83.6 Å². The van der Waals surface area contributed by atoms with Crippen molar-refractivity contribution < 1.29 is 23.9 Å². The van der Waals surface area contributed by atoms with Gasteiger partial charge in [-0.3, -0.25) is 14.5 Å². The third-order valence-corrected chi connectivity index (χ3v) is 6.16. The molecule has 4 heterocycles. The van der Waals surface area contributed by atoms with Gasteiger partial charge in [0.15, 0.2) is 11.5 Å². The normalized spacial score (nSPS) is 22.4. The largest absolute Gasteiger partial charge is 0.486 e. The summed E-state index contributed by atoms with van der Waals surface area (Å²) >= 11 is 0. The number of piperazine rings is 1. The highest BCUT2D eigenvalue weighted by Crippen LogP contribution is 2.36. The molecule has 0 bridgehead atoms. The molecule has 1 N–H and O–H groups in total. The lowest BCUT2D eigenvalue weighted by molar-refractivity contribution is -0.139. The monoisotopic (exact) mass is 452 g/mol. The summed E-state index contributed by atoms with van der Waals surface area (Å²) in [6, 6.07) is 6.30. The van der Waals surface area contributed by atoms with Crippen molar-refractivity contribution in [3.63, 3.8) is 0 Å². The molecule has 33 heavy (non-hydrogen) atoms. The molecule has 1 unspecified atom stereocenters. The predicted octanol–water partition coefficient (Wildman–Crippen LogP) is 0.364. The summed E-state index contributed by atoms with van der Waals surface area (Å²) in [6.45, 7) is 4.25. The Morgan fingerprint density at radius 2 is 1.76 bits per heavy atom. The number of imide groups is 1. The molecule has 3 aliphatic heterocycles. The maximum atomic E-state index is 13.2. The number of nitrogens with one attached hydrogen (secondary N) is 1. The zero-order valence-electron chi connectivity index (χ0n) is 18.2. The van der Waals surface area contributed by atoms with Gasteiger partial charge in [-0.1, -0.05) is 6.07 Å². The summed E-state index contributed by atoms with van der Waals surface area (Å²) in [4.78, 5) is 51.9. The average Bonchev–Trinajstić information content (AvgIpc) is 3.08. The van der Waals surface area contributed by atoms with Crippen LogP contribution in [0, 0.1) is 0 Å². The first kappa shape index (κ1) is 21.0. The molecule has 0 spiro atoms. The molecule has 4 amide bonds. The van der Waals surface area contributed by atoms with E-state index >= 15 is 0 Å². The van der Waals surface area contributed by atoms with E-state index in [-0.39, 0.29) is 12.5 Å². The molecule has 1 atom stereocenters. The Morgan fingerprint density at radius 3 is 2.48 bits per heavy atom. The van der Waals surface area contributed by atoms with Crippen LogP contribution in [0.5, 0.6) is 11.5 Å². The minimum atomic E-state index is -1.30. The number of benzene rings is 1. The molecule has 0 aliphatic carbocycles. The van der Waals surface area contributed by atoms with Crippen LogP contribution >= 0.6 is 0 Å². The van der Waals surface area contributed by atoms with Gasteiger partial charge in [0, 0.05) is 38.6 Å². The van der Waals surface area contributed by atoms with Crippen LogP contribution in [0.3, 0.4) is 0 Å². The van der Waals surface area contributed by atoms with Crippen molar-refractivity contribution >= 4 is 23.8 Å². The van der Waals surface area contributed by atoms with Crippen LogP contribution in [0.1, 0.15) is 12.5 Å². The van der Waals surface area contributed by atoms with Gasteiger partial charge in [-0.25, -0.2) is 14.8 Å². The van der Waals surface area contributed by atoms with Gasteiger partial charge in [0.05, 0.1) is 0 Å². The zero-order valence-corrected chi connectivity index (χ0v) is 18.2. The first-order chi connectivity index (χ1) is 16.0. The van der Waals surface area contributed by atoms with Gasteiger partial charge in [0.2, 0.25) is 11.9 Å². The van der Waals surface area contributed by atoms with Gasteiger partial charge in [-0.05, 0) is 30.7 Å². The predicted molar refractivity (Wildman–Crippen MR) is 116 cm³/mol. The van der Waals surface area contributed by atoms with Gasteiger partial charge >= 0.3 is 6.03 Å². The number of urea groups is 1. The lowest BCUT2D eigenvalue weighted by Gasteiger charge is -2.35. The van der Waals surface area contributed by atoms with Crippen molar-refractivity contribution in [1.82, 2.24) is 25.1 Å². The summed E-state index contributed by atoms with van der Waals surface area (Å²) < 4.78 is 11.1. The Kier molecular flexibility index (Phi) is 5.23. The Bertz CT molecular complexity index is 1090. The lowest BCUT2D eigenvalue weighted by atomic mass is 9.91. The number of carbonyl (C=O) groups is 3. The van der Waals surface area contributed by atoms with Crippen LogP contribution in [0.4, 0.5) is 10.7 Å². The Hall–Kier alpha value is -3.89. The van der Waals surface area contributed by atoms with Gasteiger partial charge in [-0.15, -0.1) is 0 Å². The molecule has 0 saturated carbocycles. The number of nitrogens with zero attached hydrogens (tertiary/aromatic N) is 5. The number of rotatable bonds is 4. The Labute approximate surface area is 190 Å². The molecule has 2 saturated heterocycles. The molecule has 2 aromatic rings. The fourth-order valence-electron chi connectivity index (χ4n) is 4.24. The molecule has 1 aromatic heterocycles. The van der Waals surface area contributed by atoms with E-state index in [1.165, 1.54) is 0 Å². The van der Waals surface area contributed by atoms with E-state index in [1.807, 2.05) is 4.90 Å². The van der Waals surface area contributed by atoms with E-state index in [0.29, 0.717) is 62.4 Å². The molecule has 11 heteroatoms. The second-order valence-corrected chi connectivity index (χ2v) is 8.22. The van der Waals surface area contributed by atoms with Gasteiger partial charge in [0.25, 0.3) is 5.91 Å². The standard InChI is InChI=1S/C22H24N6O5/c1-22(15-3-4-16-17(13-15)33-12-11-32-16)19(30)28(21(31)25-22)14-18(29)26-7-9-27(10-8-26)20-23-5-2-6-24-20/h2-6,13H,7-12,14H2,1H3,(H,25,31). The summed E-state index contributed by atoms with van der Waals surface area (Å²) in [7, 11) is 0. The van der Waals surface area contributed by atoms with Crippen molar-refractivity contribution in [2.45, 2.75) is 12.5 Å². The minimum absolute atomic E-state index is 0.279. The van der Waals surface area contributed by atoms with Crippen molar-refractivity contribution in [1.29, 1.82) is 0 Å². The number of amides is 4. The second-order valence-electron chi connectivity index (χ2n) is 8.22. The molecule has 172 valence electrons. The van der Waals surface area contributed by atoms with Gasteiger partial charge in [0.1, 0.15) is 25.3 Å². The van der Waals surface area contributed by atoms with Crippen LogP contribution in [-0.2, 0) is 15.1 Å². The third-order valence-electron chi connectivity index (χ3n) is 6.16. The number of hydrogen-bond acceptors (Lipinski definition) is 8. The second kappa shape index (κ2) is 8.23. The summed E-state index contributed by atoms with van der Waals surface area (Å²) in [5.41, 5.74) is -0.729. The fraction of sp³-hybridized carbons (Fsp3) is 0.409. The molecule has 11 nitrogen and oxygen atoms in total. The molecule has 5 rings (SSSR count). The topological polar surface area (TPSA) is 117 Å². The first-order valence-corrected chi connectivity index (χ1v) is 10.8. The van der Waals surface area contributed by atoms with Crippen LogP contribution in [0.15, 0.2) is 36.7 Å². The van der Waals surface area contributed by atoms with Crippen molar-refractivity contribution in [3.05, 3.63) is 42.2 Å². The number of anilines is 1. The number of fused-ring (bicyclic) bond motifs is 1. The SMILES string of the molecule is CC1(c2ccc3c(c2)OCCO3)NC(=O)N(CC(=O)N2CCN(c3ncccn3)CC2)C1=O. The summed E-state index contributed by atoms with van der Waals surface area (Å²) in [5.74, 6) is 0.982. The molecular formula is C22H24N6O5. The van der Waals surface area contributed by atoms with E-state index in [1.54, 1.807) is 48.5 Å². The molecular weight excluding hydrogens is 428 g/mol. The molecule has 3 aliphatic rings. The fourth-order valence-corrected chi connectivity index (χ4v) is 4.24. The minimum Gasteiger partial charge on any atom is -0.486 e. The molecule has 1 aromatic carbocycles. The first-order valence-electron chi connectivity index (χ1n) is 10.8. The zero-order chi connectivity index (χ0) is 23.0. The highest BCUT2D eigenvalue weighted by Gasteiger charge is 2.50. The van der Waals surface area contributed by atoms with E-state index < -0.39 is 17.5 Å². The number of hydrogen-bond donors (Lipinski definition) is 1. The van der Waals surface area contributed by atoms with Gasteiger partial charge < -0.3 is 24.6 Å². The Morgan fingerprint density at radius 1 is 1.06 bits per heavy atom. The van der Waals surface area contributed by atoms with Crippen molar-refractivity contribution in [2.24, 2.45) is 0 Å². The maximum absolute atomic E-state index is 13.2. The maximum Gasteiger partial charge on any atom is 0.325 e. The van der Waals surface area contributed by atoms with Crippen molar-refractivity contribution in [2.75, 3.05) is 50.8 Å². The number of carbonyl (C=O) groups excluding carboxylic acids is 3. The van der Waals surface area contributed by atoms with E-state index in [9.17, 15) is 14.4 Å². The molecule has 2 fully saturated rings. The number of ether oxygens (including phenoxy) is 2. The quantitative estimate of drug-likeness (QED) is 0.661. The van der Waals surface area contributed by atoms with Crippen LogP contribution in [0.25, 0.3) is 0 Å². The van der Waals surface area contributed by atoms with Gasteiger partial charge in [-0.2, -0.15) is 0 Å².